The van der Waals surface area contributed by atoms with Crippen LogP contribution in [0.2, 0.25) is 0 Å². The highest BCUT2D eigenvalue weighted by Crippen LogP contribution is 2.19. The van der Waals surface area contributed by atoms with E-state index in [0.717, 1.165) is 26.6 Å². The molecule has 0 spiro atoms. The van der Waals surface area contributed by atoms with Crippen molar-refractivity contribution in [2.45, 2.75) is 0 Å². The third-order valence-electron chi connectivity index (χ3n) is 3.31. The average molecular weight is 355 g/mol. The lowest BCUT2D eigenvalue weighted by molar-refractivity contribution is -0.114. The van der Waals surface area contributed by atoms with Crippen LogP contribution in [-0.2, 0) is 4.79 Å². The summed E-state index contributed by atoms with van der Waals surface area (Å²) in [6.45, 7) is 0.225. The second kappa shape index (κ2) is 6.62. The number of anilines is 2. The Bertz CT molecular complexity index is 817. The number of hydrogen-bond acceptors (Lipinski definition) is 2. The molecule has 3 rings (SSSR count). The second-order valence-electron chi connectivity index (χ2n) is 4.97. The van der Waals surface area contributed by atoms with Crippen LogP contribution in [0.1, 0.15) is 0 Å². The van der Waals surface area contributed by atoms with Crippen molar-refractivity contribution in [2.24, 2.45) is 0 Å². The summed E-state index contributed by atoms with van der Waals surface area (Å²) >= 11 is 3.41. The number of benzene rings is 3. The van der Waals surface area contributed by atoms with E-state index in [1.54, 1.807) is 0 Å². The minimum Gasteiger partial charge on any atom is -0.376 e. The summed E-state index contributed by atoms with van der Waals surface area (Å²) < 4.78 is 0.979. The molecule has 0 saturated carbocycles. The van der Waals surface area contributed by atoms with E-state index >= 15 is 0 Å². The Hall–Kier alpha value is -2.33. The summed E-state index contributed by atoms with van der Waals surface area (Å²) in [7, 11) is 0. The summed E-state index contributed by atoms with van der Waals surface area (Å²) in [5.41, 5.74) is 1.71. The van der Waals surface area contributed by atoms with Crippen molar-refractivity contribution in [1.29, 1.82) is 0 Å². The molecule has 0 aromatic heterocycles. The van der Waals surface area contributed by atoms with E-state index in [1.165, 1.54) is 0 Å². The van der Waals surface area contributed by atoms with E-state index in [0.29, 0.717) is 0 Å². The van der Waals surface area contributed by atoms with Gasteiger partial charge in [-0.3, -0.25) is 4.79 Å². The van der Waals surface area contributed by atoms with Gasteiger partial charge in [0.05, 0.1) is 6.54 Å². The quantitative estimate of drug-likeness (QED) is 0.715. The third kappa shape index (κ3) is 3.65. The van der Waals surface area contributed by atoms with E-state index in [2.05, 4.69) is 32.6 Å². The van der Waals surface area contributed by atoms with Crippen LogP contribution in [0.15, 0.2) is 71.2 Å². The minimum absolute atomic E-state index is 0.0738. The SMILES string of the molecule is O=C(CNc1cccc(Br)c1)Nc1ccc2ccccc2c1. The number of halogens is 1. The number of carbonyl (C=O) groups is 1. The summed E-state index contributed by atoms with van der Waals surface area (Å²) in [4.78, 5) is 12.0. The molecule has 4 heteroatoms. The van der Waals surface area contributed by atoms with E-state index in [-0.39, 0.29) is 12.5 Å². The fraction of sp³-hybridized carbons (Fsp3) is 0.0556. The van der Waals surface area contributed by atoms with E-state index < -0.39 is 0 Å². The Kier molecular flexibility index (Phi) is 4.39. The topological polar surface area (TPSA) is 41.1 Å². The number of amides is 1. The molecule has 0 aliphatic rings. The molecule has 0 bridgehead atoms. The number of fused-ring (bicyclic) bond motifs is 1. The molecular formula is C18H15BrN2O. The molecule has 110 valence electrons. The van der Waals surface area contributed by atoms with Crippen molar-refractivity contribution >= 4 is 44.0 Å². The highest BCUT2D eigenvalue weighted by atomic mass is 79.9. The Morgan fingerprint density at radius 1 is 0.864 bits per heavy atom. The van der Waals surface area contributed by atoms with Crippen LogP contribution < -0.4 is 10.6 Å². The van der Waals surface area contributed by atoms with Gasteiger partial charge in [0.2, 0.25) is 5.91 Å². The fourth-order valence-corrected chi connectivity index (χ4v) is 2.65. The maximum Gasteiger partial charge on any atom is 0.243 e. The molecule has 3 aromatic rings. The predicted molar refractivity (Wildman–Crippen MR) is 95.2 cm³/mol. The molecule has 0 atom stereocenters. The first kappa shape index (κ1) is 14.6. The summed E-state index contributed by atoms with van der Waals surface area (Å²) in [6.07, 6.45) is 0. The molecule has 0 saturated heterocycles. The second-order valence-corrected chi connectivity index (χ2v) is 5.89. The summed E-state index contributed by atoms with van der Waals surface area (Å²) in [5.74, 6) is -0.0738. The maximum absolute atomic E-state index is 12.0. The zero-order chi connectivity index (χ0) is 15.4. The van der Waals surface area contributed by atoms with Gasteiger partial charge in [-0.15, -0.1) is 0 Å². The monoisotopic (exact) mass is 354 g/mol. The first-order valence-electron chi connectivity index (χ1n) is 6.99. The molecule has 0 unspecified atom stereocenters. The Morgan fingerprint density at radius 3 is 2.50 bits per heavy atom. The van der Waals surface area contributed by atoms with Gasteiger partial charge in [-0.2, -0.15) is 0 Å². The van der Waals surface area contributed by atoms with E-state index in [4.69, 9.17) is 0 Å². The molecule has 0 aliphatic carbocycles. The molecule has 2 N–H and O–H groups in total. The lowest BCUT2D eigenvalue weighted by atomic mass is 10.1. The fourth-order valence-electron chi connectivity index (χ4n) is 2.25. The van der Waals surface area contributed by atoms with Crippen LogP contribution in [0, 0.1) is 0 Å². The van der Waals surface area contributed by atoms with Crippen molar-refractivity contribution in [1.82, 2.24) is 0 Å². The standard InChI is InChI=1S/C18H15BrN2O/c19-15-6-3-7-16(11-15)20-12-18(22)21-17-9-8-13-4-1-2-5-14(13)10-17/h1-11,20H,12H2,(H,21,22). The smallest absolute Gasteiger partial charge is 0.243 e. The molecule has 0 aliphatic heterocycles. The number of carbonyl (C=O) groups excluding carboxylic acids is 1. The van der Waals surface area contributed by atoms with Crippen LogP contribution in [0.25, 0.3) is 10.8 Å². The van der Waals surface area contributed by atoms with E-state index in [9.17, 15) is 4.79 Å². The number of rotatable bonds is 4. The zero-order valence-corrected chi connectivity index (χ0v) is 13.4. The lowest BCUT2D eigenvalue weighted by Crippen LogP contribution is -2.21. The summed E-state index contributed by atoms with van der Waals surface area (Å²) in [6, 6.07) is 21.7. The first-order chi connectivity index (χ1) is 10.7. The average Bonchev–Trinajstić information content (AvgIpc) is 2.53. The van der Waals surface area contributed by atoms with Crippen LogP contribution in [0.4, 0.5) is 11.4 Å². The van der Waals surface area contributed by atoms with Crippen molar-refractivity contribution in [2.75, 3.05) is 17.2 Å². The third-order valence-corrected chi connectivity index (χ3v) is 3.80. The number of hydrogen-bond donors (Lipinski definition) is 2. The Labute approximate surface area is 137 Å². The van der Waals surface area contributed by atoms with Gasteiger partial charge < -0.3 is 10.6 Å². The maximum atomic E-state index is 12.0. The molecule has 22 heavy (non-hydrogen) atoms. The molecule has 3 aromatic carbocycles. The van der Waals surface area contributed by atoms with Crippen molar-refractivity contribution in [3.05, 3.63) is 71.2 Å². The van der Waals surface area contributed by atoms with Crippen LogP contribution in [-0.4, -0.2) is 12.5 Å². The van der Waals surface area contributed by atoms with Crippen molar-refractivity contribution < 1.29 is 4.79 Å². The minimum atomic E-state index is -0.0738. The first-order valence-corrected chi connectivity index (χ1v) is 7.78. The largest absolute Gasteiger partial charge is 0.376 e. The van der Waals surface area contributed by atoms with Gasteiger partial charge in [0.1, 0.15) is 0 Å². The molecule has 0 radical (unpaired) electrons. The van der Waals surface area contributed by atoms with E-state index in [1.807, 2.05) is 60.7 Å². The van der Waals surface area contributed by atoms with Crippen molar-refractivity contribution in [3.8, 4) is 0 Å². The van der Waals surface area contributed by atoms with Gasteiger partial charge in [0.15, 0.2) is 0 Å². The molecule has 0 fully saturated rings. The summed E-state index contributed by atoms with van der Waals surface area (Å²) in [5, 5.41) is 8.28. The Balaban J connectivity index is 1.63. The number of nitrogens with one attached hydrogen (secondary N) is 2. The van der Waals surface area contributed by atoms with Gasteiger partial charge in [-0.25, -0.2) is 0 Å². The van der Waals surface area contributed by atoms with Crippen LogP contribution in [0.5, 0.6) is 0 Å². The molecule has 1 amide bonds. The van der Waals surface area contributed by atoms with Gasteiger partial charge in [0.25, 0.3) is 0 Å². The van der Waals surface area contributed by atoms with Gasteiger partial charge in [-0.1, -0.05) is 52.3 Å². The van der Waals surface area contributed by atoms with Gasteiger partial charge in [0, 0.05) is 15.8 Å². The van der Waals surface area contributed by atoms with Gasteiger partial charge in [-0.05, 0) is 41.1 Å². The Morgan fingerprint density at radius 2 is 1.68 bits per heavy atom. The predicted octanol–water partition coefficient (Wildman–Crippen LogP) is 4.65. The molecule has 0 heterocycles. The normalized spacial score (nSPS) is 10.4. The molecular weight excluding hydrogens is 340 g/mol. The highest BCUT2D eigenvalue weighted by Gasteiger charge is 2.03. The van der Waals surface area contributed by atoms with Crippen LogP contribution in [0.3, 0.4) is 0 Å². The van der Waals surface area contributed by atoms with Crippen molar-refractivity contribution in [3.63, 3.8) is 0 Å². The highest BCUT2D eigenvalue weighted by molar-refractivity contribution is 9.10. The van der Waals surface area contributed by atoms with Crippen LogP contribution >= 0.6 is 15.9 Å². The zero-order valence-electron chi connectivity index (χ0n) is 11.8. The molecule has 3 nitrogen and oxygen atoms in total. The lowest BCUT2D eigenvalue weighted by Gasteiger charge is -2.09. The van der Waals surface area contributed by atoms with Gasteiger partial charge >= 0.3 is 0 Å².